The van der Waals surface area contributed by atoms with Gasteiger partial charge in [0.1, 0.15) is 6.33 Å². The van der Waals surface area contributed by atoms with Gasteiger partial charge < -0.3 is 5.32 Å². The summed E-state index contributed by atoms with van der Waals surface area (Å²) in [4.78, 5) is 24.2. The molecule has 2 aromatic heterocycles. The van der Waals surface area contributed by atoms with Crippen molar-refractivity contribution in [2.45, 2.75) is 19.3 Å². The van der Waals surface area contributed by atoms with Gasteiger partial charge in [-0.2, -0.15) is 0 Å². The van der Waals surface area contributed by atoms with Crippen LogP contribution < -0.4 is 5.32 Å². The molecule has 1 N–H and O–H groups in total. The summed E-state index contributed by atoms with van der Waals surface area (Å²) in [6, 6.07) is 1.82. The van der Waals surface area contributed by atoms with Gasteiger partial charge in [-0.05, 0) is 24.8 Å². The topological polar surface area (TPSA) is 67.8 Å². The van der Waals surface area contributed by atoms with E-state index in [4.69, 9.17) is 0 Å². The fourth-order valence-corrected chi connectivity index (χ4v) is 2.21. The van der Waals surface area contributed by atoms with Crippen LogP contribution in [0.1, 0.15) is 29.6 Å². The van der Waals surface area contributed by atoms with Crippen LogP contribution in [0.4, 0.5) is 0 Å². The maximum atomic E-state index is 12.1. The van der Waals surface area contributed by atoms with Crippen molar-refractivity contribution in [1.29, 1.82) is 0 Å². The van der Waals surface area contributed by atoms with E-state index in [1.807, 2.05) is 6.07 Å². The molecule has 0 unspecified atom stereocenters. The van der Waals surface area contributed by atoms with E-state index >= 15 is 0 Å². The van der Waals surface area contributed by atoms with Gasteiger partial charge in [0.2, 0.25) is 0 Å². The van der Waals surface area contributed by atoms with Gasteiger partial charge in [-0.1, -0.05) is 6.42 Å². The molecule has 2 heterocycles. The zero-order valence-corrected chi connectivity index (χ0v) is 11.1. The van der Waals surface area contributed by atoms with Crippen LogP contribution in [0.2, 0.25) is 0 Å². The lowest BCUT2D eigenvalue weighted by molar-refractivity contribution is 0.0938. The molecular formula is C15H16N4O. The van der Waals surface area contributed by atoms with E-state index in [1.54, 1.807) is 24.8 Å². The largest absolute Gasteiger partial charge is 0.352 e. The van der Waals surface area contributed by atoms with Gasteiger partial charge >= 0.3 is 0 Å². The van der Waals surface area contributed by atoms with Gasteiger partial charge in [-0.3, -0.25) is 9.78 Å². The average molecular weight is 268 g/mol. The molecule has 1 aliphatic rings. The molecule has 1 aliphatic carbocycles. The Morgan fingerprint density at radius 3 is 2.55 bits per heavy atom. The molecule has 2 aromatic rings. The first-order valence-electron chi connectivity index (χ1n) is 6.81. The lowest BCUT2D eigenvalue weighted by Crippen LogP contribution is -2.32. The van der Waals surface area contributed by atoms with Crippen molar-refractivity contribution in [2.24, 2.45) is 5.92 Å². The fourth-order valence-electron chi connectivity index (χ4n) is 2.21. The van der Waals surface area contributed by atoms with Crippen molar-refractivity contribution >= 4 is 5.91 Å². The molecule has 5 heteroatoms. The highest BCUT2D eigenvalue weighted by Crippen LogP contribution is 2.25. The number of nitrogens with one attached hydrogen (secondary N) is 1. The SMILES string of the molecule is O=C(NCC1CCC1)c1cncc(-c2cncnc2)c1. The minimum Gasteiger partial charge on any atom is -0.352 e. The fraction of sp³-hybridized carbons (Fsp3) is 0.333. The number of carbonyl (C=O) groups is 1. The first-order chi connectivity index (χ1) is 9.83. The smallest absolute Gasteiger partial charge is 0.252 e. The van der Waals surface area contributed by atoms with Crippen LogP contribution in [-0.2, 0) is 0 Å². The van der Waals surface area contributed by atoms with Crippen LogP contribution in [0.5, 0.6) is 0 Å². The van der Waals surface area contributed by atoms with Gasteiger partial charge in [0, 0.05) is 42.5 Å². The van der Waals surface area contributed by atoms with Crippen molar-refractivity contribution in [3.63, 3.8) is 0 Å². The van der Waals surface area contributed by atoms with Gasteiger partial charge in [-0.15, -0.1) is 0 Å². The summed E-state index contributed by atoms with van der Waals surface area (Å²) in [5, 5.41) is 2.97. The number of hydrogen-bond donors (Lipinski definition) is 1. The van der Waals surface area contributed by atoms with Crippen LogP contribution in [0, 0.1) is 5.92 Å². The van der Waals surface area contributed by atoms with Gasteiger partial charge in [0.05, 0.1) is 5.56 Å². The second-order valence-electron chi connectivity index (χ2n) is 5.10. The Morgan fingerprint density at radius 2 is 1.85 bits per heavy atom. The van der Waals surface area contributed by atoms with Crippen LogP contribution in [0.25, 0.3) is 11.1 Å². The average Bonchev–Trinajstić information content (AvgIpc) is 2.46. The van der Waals surface area contributed by atoms with Crippen molar-refractivity contribution in [1.82, 2.24) is 20.3 Å². The summed E-state index contributed by atoms with van der Waals surface area (Å²) in [5.41, 5.74) is 2.28. The van der Waals surface area contributed by atoms with Crippen LogP contribution in [0.15, 0.2) is 37.2 Å². The summed E-state index contributed by atoms with van der Waals surface area (Å²) < 4.78 is 0. The highest BCUT2D eigenvalue weighted by atomic mass is 16.1. The summed E-state index contributed by atoms with van der Waals surface area (Å²) >= 11 is 0. The Hall–Kier alpha value is -2.30. The van der Waals surface area contributed by atoms with Gasteiger partial charge in [0.15, 0.2) is 0 Å². The number of amides is 1. The molecule has 5 nitrogen and oxygen atoms in total. The third-order valence-electron chi connectivity index (χ3n) is 3.67. The molecule has 0 saturated heterocycles. The van der Waals surface area contributed by atoms with E-state index in [0.29, 0.717) is 11.5 Å². The number of carbonyl (C=O) groups excluding carboxylic acids is 1. The Balaban J connectivity index is 1.71. The second-order valence-corrected chi connectivity index (χ2v) is 5.10. The number of pyridine rings is 1. The monoisotopic (exact) mass is 268 g/mol. The molecule has 0 aromatic carbocycles. The van der Waals surface area contributed by atoms with Crippen molar-refractivity contribution in [2.75, 3.05) is 6.54 Å². The van der Waals surface area contributed by atoms with E-state index in [1.165, 1.54) is 25.6 Å². The molecule has 102 valence electrons. The third-order valence-corrected chi connectivity index (χ3v) is 3.67. The summed E-state index contributed by atoms with van der Waals surface area (Å²) in [5.74, 6) is 0.584. The molecule has 0 aliphatic heterocycles. The Labute approximate surface area is 117 Å². The van der Waals surface area contributed by atoms with E-state index < -0.39 is 0 Å². The highest BCUT2D eigenvalue weighted by molar-refractivity contribution is 5.95. The summed E-state index contributed by atoms with van der Waals surface area (Å²) in [6.45, 7) is 0.761. The maximum absolute atomic E-state index is 12.1. The Kier molecular flexibility index (Phi) is 3.67. The predicted octanol–water partition coefficient (Wildman–Crippen LogP) is 2.07. The third kappa shape index (κ3) is 2.82. The molecule has 0 radical (unpaired) electrons. The summed E-state index contributed by atoms with van der Waals surface area (Å²) in [6.07, 6.45) is 11.9. The standard InChI is InChI=1S/C15H16N4O/c20-15(19-5-11-2-1-3-11)13-4-12(6-16-7-13)14-8-17-10-18-9-14/h4,6-11H,1-3,5H2,(H,19,20). The molecule has 1 saturated carbocycles. The predicted molar refractivity (Wildman–Crippen MR) is 74.9 cm³/mol. The van der Waals surface area contributed by atoms with Crippen LogP contribution in [-0.4, -0.2) is 27.4 Å². The maximum Gasteiger partial charge on any atom is 0.252 e. The molecule has 20 heavy (non-hydrogen) atoms. The Morgan fingerprint density at radius 1 is 1.10 bits per heavy atom. The number of rotatable bonds is 4. The molecule has 0 spiro atoms. The van der Waals surface area contributed by atoms with Crippen molar-refractivity contribution < 1.29 is 4.79 Å². The van der Waals surface area contributed by atoms with Gasteiger partial charge in [-0.25, -0.2) is 9.97 Å². The van der Waals surface area contributed by atoms with Crippen molar-refractivity contribution in [3.05, 3.63) is 42.7 Å². The minimum atomic E-state index is -0.0666. The minimum absolute atomic E-state index is 0.0666. The zero-order chi connectivity index (χ0) is 13.8. The quantitative estimate of drug-likeness (QED) is 0.921. The first kappa shape index (κ1) is 12.7. The zero-order valence-electron chi connectivity index (χ0n) is 11.1. The molecule has 0 atom stereocenters. The second kappa shape index (κ2) is 5.77. The molecule has 1 fully saturated rings. The number of aromatic nitrogens is 3. The summed E-state index contributed by atoms with van der Waals surface area (Å²) in [7, 11) is 0. The van der Waals surface area contributed by atoms with Crippen LogP contribution >= 0.6 is 0 Å². The normalized spacial score (nSPS) is 14.6. The molecular weight excluding hydrogens is 252 g/mol. The van der Waals surface area contributed by atoms with E-state index in [9.17, 15) is 4.79 Å². The Bertz CT molecular complexity index is 596. The lowest BCUT2D eigenvalue weighted by Gasteiger charge is -2.25. The van der Waals surface area contributed by atoms with Crippen LogP contribution in [0.3, 0.4) is 0 Å². The van der Waals surface area contributed by atoms with E-state index in [0.717, 1.165) is 17.7 Å². The van der Waals surface area contributed by atoms with Crippen molar-refractivity contribution in [3.8, 4) is 11.1 Å². The number of nitrogens with zero attached hydrogens (tertiary/aromatic N) is 3. The molecule has 1 amide bonds. The lowest BCUT2D eigenvalue weighted by atomic mass is 9.85. The first-order valence-corrected chi connectivity index (χ1v) is 6.81. The highest BCUT2D eigenvalue weighted by Gasteiger charge is 2.18. The number of hydrogen-bond acceptors (Lipinski definition) is 4. The van der Waals surface area contributed by atoms with E-state index in [2.05, 4.69) is 20.3 Å². The molecule has 3 rings (SSSR count). The van der Waals surface area contributed by atoms with Gasteiger partial charge in [0.25, 0.3) is 5.91 Å². The van der Waals surface area contributed by atoms with E-state index in [-0.39, 0.29) is 5.91 Å². The molecule has 0 bridgehead atoms.